The average Bonchev–Trinajstić information content (AvgIpc) is 2.77. The summed E-state index contributed by atoms with van der Waals surface area (Å²) in [5.41, 5.74) is 1.50. The molecule has 1 aromatic rings. The maximum atomic E-state index is 8.79. The van der Waals surface area contributed by atoms with Crippen molar-refractivity contribution in [2.45, 2.75) is 37.5 Å². The molecule has 1 fully saturated rings. The molecular formula is C13H17N3S. The van der Waals surface area contributed by atoms with Crippen molar-refractivity contribution >= 4 is 17.4 Å². The van der Waals surface area contributed by atoms with Gasteiger partial charge in [-0.25, -0.2) is 4.98 Å². The molecule has 1 N–H and O–H groups in total. The highest BCUT2D eigenvalue weighted by Crippen LogP contribution is 2.31. The Morgan fingerprint density at radius 2 is 2.47 bits per heavy atom. The van der Waals surface area contributed by atoms with Gasteiger partial charge in [-0.3, -0.25) is 0 Å². The zero-order chi connectivity index (χ0) is 12.1. The number of hydrogen-bond donors (Lipinski definition) is 1. The summed E-state index contributed by atoms with van der Waals surface area (Å²) in [6, 6.07) is 6.37. The molecule has 2 rings (SSSR count). The van der Waals surface area contributed by atoms with Gasteiger partial charge in [-0.2, -0.15) is 17.0 Å². The number of nitriles is 1. The molecule has 0 amide bonds. The third-order valence-corrected chi connectivity index (χ3v) is 4.27. The van der Waals surface area contributed by atoms with Crippen molar-refractivity contribution in [2.24, 2.45) is 0 Å². The molecule has 0 aliphatic heterocycles. The number of nitrogens with zero attached hydrogens (tertiary/aromatic N) is 2. The minimum atomic E-state index is 0.479. The quantitative estimate of drug-likeness (QED) is 0.888. The highest BCUT2D eigenvalue weighted by molar-refractivity contribution is 7.99. The van der Waals surface area contributed by atoms with Crippen LogP contribution in [0.5, 0.6) is 0 Å². The first-order valence-electron chi connectivity index (χ1n) is 6.06. The maximum Gasteiger partial charge on any atom is 0.142 e. The van der Waals surface area contributed by atoms with E-state index in [2.05, 4.69) is 35.1 Å². The van der Waals surface area contributed by atoms with E-state index in [4.69, 9.17) is 5.26 Å². The number of pyridine rings is 1. The van der Waals surface area contributed by atoms with Crippen LogP contribution >= 0.6 is 11.8 Å². The van der Waals surface area contributed by atoms with Gasteiger partial charge in [0.1, 0.15) is 11.8 Å². The minimum Gasteiger partial charge on any atom is -0.382 e. The topological polar surface area (TPSA) is 48.7 Å². The molecule has 0 aromatic carbocycles. The molecule has 0 saturated heterocycles. The number of thioether (sulfide) groups is 1. The first-order chi connectivity index (χ1) is 8.31. The Labute approximate surface area is 107 Å². The maximum absolute atomic E-state index is 8.79. The SMILES string of the molecule is CCSC1CCC(Nc2ccnc(C#N)c2)C1. The molecule has 2 atom stereocenters. The number of aromatic nitrogens is 1. The van der Waals surface area contributed by atoms with Crippen LogP contribution in [0.4, 0.5) is 5.69 Å². The average molecular weight is 247 g/mol. The van der Waals surface area contributed by atoms with Crippen LogP contribution in [0.1, 0.15) is 31.9 Å². The Bertz CT molecular complexity index is 413. The largest absolute Gasteiger partial charge is 0.382 e. The molecule has 3 nitrogen and oxygen atoms in total. The van der Waals surface area contributed by atoms with Gasteiger partial charge in [0.2, 0.25) is 0 Å². The van der Waals surface area contributed by atoms with Gasteiger partial charge in [-0.1, -0.05) is 6.92 Å². The molecule has 1 heterocycles. The van der Waals surface area contributed by atoms with Crippen LogP contribution in [0.15, 0.2) is 18.3 Å². The number of hydrogen-bond acceptors (Lipinski definition) is 4. The fourth-order valence-electron chi connectivity index (χ4n) is 2.28. The van der Waals surface area contributed by atoms with Gasteiger partial charge in [0.25, 0.3) is 0 Å². The second kappa shape index (κ2) is 5.92. The fraction of sp³-hybridized carbons (Fsp3) is 0.538. The first-order valence-corrected chi connectivity index (χ1v) is 7.11. The predicted octanol–water partition coefficient (Wildman–Crippen LogP) is 3.04. The van der Waals surface area contributed by atoms with E-state index in [1.165, 1.54) is 25.0 Å². The van der Waals surface area contributed by atoms with E-state index in [0.29, 0.717) is 11.7 Å². The lowest BCUT2D eigenvalue weighted by Crippen LogP contribution is -2.16. The lowest BCUT2D eigenvalue weighted by molar-refractivity contribution is 0.756. The van der Waals surface area contributed by atoms with E-state index in [9.17, 15) is 0 Å². The van der Waals surface area contributed by atoms with Crippen molar-refractivity contribution in [1.82, 2.24) is 4.98 Å². The molecule has 1 aliphatic rings. The molecule has 1 aliphatic carbocycles. The van der Waals surface area contributed by atoms with Crippen LogP contribution < -0.4 is 5.32 Å². The highest BCUT2D eigenvalue weighted by Gasteiger charge is 2.24. The van der Waals surface area contributed by atoms with Crippen LogP contribution in [0.2, 0.25) is 0 Å². The molecule has 2 unspecified atom stereocenters. The third-order valence-electron chi connectivity index (χ3n) is 3.03. The molecule has 90 valence electrons. The zero-order valence-electron chi connectivity index (χ0n) is 10.0. The summed E-state index contributed by atoms with van der Waals surface area (Å²) in [6.45, 7) is 2.22. The molecule has 17 heavy (non-hydrogen) atoms. The Morgan fingerprint density at radius 3 is 3.24 bits per heavy atom. The molecule has 0 bridgehead atoms. The summed E-state index contributed by atoms with van der Waals surface area (Å²) in [6.07, 6.45) is 5.44. The highest BCUT2D eigenvalue weighted by atomic mass is 32.2. The van der Waals surface area contributed by atoms with Crippen molar-refractivity contribution in [3.63, 3.8) is 0 Å². The summed E-state index contributed by atoms with van der Waals surface area (Å²) in [4.78, 5) is 3.97. The van der Waals surface area contributed by atoms with E-state index >= 15 is 0 Å². The number of rotatable bonds is 4. The van der Waals surface area contributed by atoms with Crippen molar-refractivity contribution in [3.8, 4) is 6.07 Å². The molecule has 4 heteroatoms. The van der Waals surface area contributed by atoms with Crippen LogP contribution in [0, 0.1) is 11.3 Å². The molecule has 0 radical (unpaired) electrons. The normalized spacial score (nSPS) is 23.3. The third kappa shape index (κ3) is 3.37. The summed E-state index contributed by atoms with van der Waals surface area (Å²) >= 11 is 2.06. The van der Waals surface area contributed by atoms with Crippen molar-refractivity contribution < 1.29 is 0 Å². The summed E-state index contributed by atoms with van der Waals surface area (Å²) in [5.74, 6) is 1.20. The van der Waals surface area contributed by atoms with Crippen LogP contribution in [0.3, 0.4) is 0 Å². The van der Waals surface area contributed by atoms with E-state index < -0.39 is 0 Å². The van der Waals surface area contributed by atoms with Crippen LogP contribution in [0.25, 0.3) is 0 Å². The first kappa shape index (κ1) is 12.3. The summed E-state index contributed by atoms with van der Waals surface area (Å²) in [5, 5.41) is 13.1. The van der Waals surface area contributed by atoms with E-state index in [1.54, 1.807) is 6.20 Å². The standard InChI is InChI=1S/C13H17N3S/c1-2-17-13-4-3-10(8-13)16-11-5-6-15-12(7-11)9-14/h5-7,10,13H,2-4,8H2,1H3,(H,15,16). The molecular weight excluding hydrogens is 230 g/mol. The fourth-order valence-corrected chi connectivity index (χ4v) is 3.42. The van der Waals surface area contributed by atoms with Crippen LogP contribution in [-0.2, 0) is 0 Å². The zero-order valence-corrected chi connectivity index (χ0v) is 10.8. The van der Waals surface area contributed by atoms with Gasteiger partial charge in [0.05, 0.1) is 0 Å². The number of nitrogens with one attached hydrogen (secondary N) is 1. The van der Waals surface area contributed by atoms with Crippen molar-refractivity contribution in [2.75, 3.05) is 11.1 Å². The summed E-state index contributed by atoms with van der Waals surface area (Å²) in [7, 11) is 0. The van der Waals surface area contributed by atoms with Gasteiger partial charge < -0.3 is 5.32 Å². The van der Waals surface area contributed by atoms with E-state index in [-0.39, 0.29) is 0 Å². The molecule has 1 saturated carbocycles. The minimum absolute atomic E-state index is 0.479. The molecule has 1 aromatic heterocycles. The predicted molar refractivity (Wildman–Crippen MR) is 72.1 cm³/mol. The Kier molecular flexibility index (Phi) is 4.27. The second-order valence-corrected chi connectivity index (χ2v) is 5.85. The second-order valence-electron chi connectivity index (χ2n) is 4.27. The Hall–Kier alpha value is -1.21. The lowest BCUT2D eigenvalue weighted by Gasteiger charge is -2.14. The number of anilines is 1. The Balaban J connectivity index is 1.91. The van der Waals surface area contributed by atoms with E-state index in [0.717, 1.165) is 10.9 Å². The van der Waals surface area contributed by atoms with Crippen molar-refractivity contribution in [1.29, 1.82) is 5.26 Å². The van der Waals surface area contributed by atoms with Crippen molar-refractivity contribution in [3.05, 3.63) is 24.0 Å². The monoisotopic (exact) mass is 247 g/mol. The van der Waals surface area contributed by atoms with Gasteiger partial charge in [0, 0.05) is 23.2 Å². The lowest BCUT2D eigenvalue weighted by atomic mass is 10.2. The summed E-state index contributed by atoms with van der Waals surface area (Å²) < 4.78 is 0. The van der Waals surface area contributed by atoms with Crippen LogP contribution in [-0.4, -0.2) is 22.0 Å². The smallest absolute Gasteiger partial charge is 0.142 e. The molecule has 0 spiro atoms. The van der Waals surface area contributed by atoms with Gasteiger partial charge in [0.15, 0.2) is 0 Å². The Morgan fingerprint density at radius 1 is 1.59 bits per heavy atom. The van der Waals surface area contributed by atoms with Gasteiger partial charge in [-0.15, -0.1) is 0 Å². The van der Waals surface area contributed by atoms with Gasteiger partial charge in [-0.05, 0) is 37.1 Å². The van der Waals surface area contributed by atoms with E-state index in [1.807, 2.05) is 12.1 Å². The van der Waals surface area contributed by atoms with Gasteiger partial charge >= 0.3 is 0 Å².